The first-order valence-electron chi connectivity index (χ1n) is 7.77. The highest BCUT2D eigenvalue weighted by atomic mass is 32.1. The van der Waals surface area contributed by atoms with Crippen molar-refractivity contribution in [2.75, 3.05) is 13.1 Å². The van der Waals surface area contributed by atoms with Crippen LogP contribution in [0.5, 0.6) is 0 Å². The van der Waals surface area contributed by atoms with E-state index in [-0.39, 0.29) is 0 Å². The zero-order valence-electron chi connectivity index (χ0n) is 12.6. The summed E-state index contributed by atoms with van der Waals surface area (Å²) in [6.45, 7) is 7.35. The van der Waals surface area contributed by atoms with Gasteiger partial charge in [-0.2, -0.15) is 0 Å². The fourth-order valence-electron chi connectivity index (χ4n) is 2.73. The molecule has 2 aromatic rings. The molecule has 3 heterocycles. The largest absolute Gasteiger partial charge is 0.313 e. The van der Waals surface area contributed by atoms with Gasteiger partial charge in [-0.1, -0.05) is 13.0 Å². The average Bonchev–Trinajstić information content (AvgIpc) is 2.97. The highest BCUT2D eigenvalue weighted by molar-refractivity contribution is 7.10. The van der Waals surface area contributed by atoms with Crippen molar-refractivity contribution in [3.05, 3.63) is 51.5 Å². The molecule has 0 bridgehead atoms. The van der Waals surface area contributed by atoms with Gasteiger partial charge in [-0.3, -0.25) is 9.88 Å². The summed E-state index contributed by atoms with van der Waals surface area (Å²) in [7, 11) is 0. The molecule has 3 rings (SSSR count). The normalized spacial score (nSPS) is 15.1. The number of hydrogen-bond donors (Lipinski definition) is 1. The summed E-state index contributed by atoms with van der Waals surface area (Å²) in [5, 5.41) is 5.62. The molecule has 0 aromatic carbocycles. The van der Waals surface area contributed by atoms with Crippen molar-refractivity contribution in [2.24, 2.45) is 0 Å². The topological polar surface area (TPSA) is 28.2 Å². The van der Waals surface area contributed by atoms with Crippen LogP contribution >= 0.6 is 11.3 Å². The fourth-order valence-corrected chi connectivity index (χ4v) is 3.62. The lowest BCUT2D eigenvalue weighted by Crippen LogP contribution is -2.29. The standard InChI is InChI=1S/C17H23N3S/c1-2-7-18-10-14-3-4-16(19-11-14)13-20-8-5-17-15(12-20)6-9-21-17/h3-4,6,9,11,18H,2,5,7-8,10,12-13H2,1H3. The highest BCUT2D eigenvalue weighted by Crippen LogP contribution is 2.24. The van der Waals surface area contributed by atoms with Gasteiger partial charge in [-0.05, 0) is 48.0 Å². The van der Waals surface area contributed by atoms with Gasteiger partial charge < -0.3 is 5.32 Å². The van der Waals surface area contributed by atoms with Gasteiger partial charge in [0.15, 0.2) is 0 Å². The Morgan fingerprint density at radius 2 is 2.29 bits per heavy atom. The third-order valence-corrected chi connectivity index (χ3v) is 4.94. The van der Waals surface area contributed by atoms with Gasteiger partial charge >= 0.3 is 0 Å². The first kappa shape index (κ1) is 14.7. The van der Waals surface area contributed by atoms with Crippen LogP contribution in [0.1, 0.15) is 35.0 Å². The first-order valence-corrected chi connectivity index (χ1v) is 8.65. The Morgan fingerprint density at radius 3 is 3.10 bits per heavy atom. The minimum atomic E-state index is 0.920. The van der Waals surface area contributed by atoms with Gasteiger partial charge in [0.1, 0.15) is 0 Å². The van der Waals surface area contributed by atoms with Crippen LogP contribution in [0.3, 0.4) is 0 Å². The van der Waals surface area contributed by atoms with E-state index in [9.17, 15) is 0 Å². The second-order valence-corrected chi connectivity index (χ2v) is 6.66. The molecule has 3 nitrogen and oxygen atoms in total. The molecule has 0 atom stereocenters. The van der Waals surface area contributed by atoms with Crippen LogP contribution in [-0.2, 0) is 26.1 Å². The Morgan fingerprint density at radius 1 is 1.33 bits per heavy atom. The summed E-state index contributed by atoms with van der Waals surface area (Å²) in [5.74, 6) is 0. The minimum absolute atomic E-state index is 0.920. The minimum Gasteiger partial charge on any atom is -0.313 e. The van der Waals surface area contributed by atoms with E-state index >= 15 is 0 Å². The lowest BCUT2D eigenvalue weighted by atomic mass is 10.1. The molecule has 0 unspecified atom stereocenters. The predicted octanol–water partition coefficient (Wildman–Crippen LogP) is 3.20. The smallest absolute Gasteiger partial charge is 0.0544 e. The molecule has 1 N–H and O–H groups in total. The molecule has 0 spiro atoms. The fraction of sp³-hybridized carbons (Fsp3) is 0.471. The molecular formula is C17H23N3S. The molecule has 112 valence electrons. The number of rotatable bonds is 6. The van der Waals surface area contributed by atoms with E-state index in [4.69, 9.17) is 0 Å². The summed E-state index contributed by atoms with van der Waals surface area (Å²) >= 11 is 1.90. The van der Waals surface area contributed by atoms with Crippen LogP contribution in [-0.4, -0.2) is 23.0 Å². The van der Waals surface area contributed by atoms with E-state index in [0.717, 1.165) is 32.7 Å². The third-order valence-electron chi connectivity index (χ3n) is 3.91. The van der Waals surface area contributed by atoms with Crippen LogP contribution in [0.2, 0.25) is 0 Å². The van der Waals surface area contributed by atoms with Crippen molar-refractivity contribution in [3.8, 4) is 0 Å². The summed E-state index contributed by atoms with van der Waals surface area (Å²) in [4.78, 5) is 8.67. The van der Waals surface area contributed by atoms with Crippen molar-refractivity contribution < 1.29 is 0 Å². The van der Waals surface area contributed by atoms with Crippen molar-refractivity contribution >= 4 is 11.3 Å². The predicted molar refractivity (Wildman–Crippen MR) is 88.4 cm³/mol. The quantitative estimate of drug-likeness (QED) is 0.831. The van der Waals surface area contributed by atoms with Crippen LogP contribution in [0.25, 0.3) is 0 Å². The molecule has 0 fully saturated rings. The molecule has 0 saturated heterocycles. The second-order valence-electron chi connectivity index (χ2n) is 5.66. The molecule has 0 radical (unpaired) electrons. The van der Waals surface area contributed by atoms with Crippen molar-refractivity contribution in [2.45, 2.75) is 39.4 Å². The van der Waals surface area contributed by atoms with Crippen LogP contribution in [0, 0.1) is 0 Å². The SMILES string of the molecule is CCCNCc1ccc(CN2CCc3sccc3C2)nc1. The maximum absolute atomic E-state index is 4.62. The van der Waals surface area contributed by atoms with Gasteiger partial charge in [0, 0.05) is 37.3 Å². The van der Waals surface area contributed by atoms with E-state index in [1.54, 1.807) is 4.88 Å². The van der Waals surface area contributed by atoms with Crippen molar-refractivity contribution in [1.29, 1.82) is 0 Å². The first-order chi connectivity index (χ1) is 10.3. The highest BCUT2D eigenvalue weighted by Gasteiger charge is 2.17. The van der Waals surface area contributed by atoms with E-state index in [2.05, 4.69) is 45.7 Å². The van der Waals surface area contributed by atoms with Gasteiger partial charge in [0.25, 0.3) is 0 Å². The average molecular weight is 301 g/mol. The zero-order valence-corrected chi connectivity index (χ0v) is 13.5. The number of aromatic nitrogens is 1. The molecule has 0 saturated carbocycles. The van der Waals surface area contributed by atoms with E-state index < -0.39 is 0 Å². The van der Waals surface area contributed by atoms with Crippen molar-refractivity contribution in [3.63, 3.8) is 0 Å². The van der Waals surface area contributed by atoms with Crippen LogP contribution in [0.4, 0.5) is 0 Å². The summed E-state index contributed by atoms with van der Waals surface area (Å²) in [5.41, 5.74) is 3.95. The summed E-state index contributed by atoms with van der Waals surface area (Å²) in [6.07, 6.45) is 4.37. The van der Waals surface area contributed by atoms with Gasteiger partial charge in [-0.15, -0.1) is 11.3 Å². The molecule has 0 amide bonds. The van der Waals surface area contributed by atoms with Gasteiger partial charge in [0.05, 0.1) is 5.69 Å². The van der Waals surface area contributed by atoms with E-state index in [1.165, 1.54) is 29.7 Å². The Kier molecular flexibility index (Phi) is 5.01. The second kappa shape index (κ2) is 7.16. The molecule has 2 aromatic heterocycles. The van der Waals surface area contributed by atoms with E-state index in [1.807, 2.05) is 17.5 Å². The Labute approximate surface area is 131 Å². The zero-order chi connectivity index (χ0) is 14.5. The molecule has 1 aliphatic rings. The third kappa shape index (κ3) is 3.90. The Bertz CT molecular complexity index is 562. The molecule has 21 heavy (non-hydrogen) atoms. The van der Waals surface area contributed by atoms with Crippen LogP contribution < -0.4 is 5.32 Å². The molecular weight excluding hydrogens is 278 g/mol. The number of thiophene rings is 1. The van der Waals surface area contributed by atoms with Gasteiger partial charge in [-0.25, -0.2) is 0 Å². The number of pyridine rings is 1. The van der Waals surface area contributed by atoms with Gasteiger partial charge in [0.2, 0.25) is 0 Å². The Balaban J connectivity index is 1.54. The van der Waals surface area contributed by atoms with Crippen molar-refractivity contribution in [1.82, 2.24) is 15.2 Å². The number of hydrogen-bond acceptors (Lipinski definition) is 4. The maximum atomic E-state index is 4.62. The maximum Gasteiger partial charge on any atom is 0.0544 e. The monoisotopic (exact) mass is 301 g/mol. The number of fused-ring (bicyclic) bond motifs is 1. The Hall–Kier alpha value is -1.23. The lowest BCUT2D eigenvalue weighted by Gasteiger charge is -2.26. The lowest BCUT2D eigenvalue weighted by molar-refractivity contribution is 0.244. The molecule has 4 heteroatoms. The number of nitrogens with one attached hydrogen (secondary N) is 1. The number of nitrogens with zero attached hydrogens (tertiary/aromatic N) is 2. The molecule has 0 aliphatic carbocycles. The van der Waals surface area contributed by atoms with E-state index in [0.29, 0.717) is 0 Å². The molecule has 1 aliphatic heterocycles. The van der Waals surface area contributed by atoms with Crippen LogP contribution in [0.15, 0.2) is 29.8 Å². The summed E-state index contributed by atoms with van der Waals surface area (Å²) in [6, 6.07) is 6.64. The summed E-state index contributed by atoms with van der Waals surface area (Å²) < 4.78 is 0.